The second kappa shape index (κ2) is 3.56. The van der Waals surface area contributed by atoms with Gasteiger partial charge in [0.05, 0.1) is 5.92 Å². The highest BCUT2D eigenvalue weighted by Gasteiger charge is 2.33. The molecule has 0 radical (unpaired) electrons. The van der Waals surface area contributed by atoms with E-state index in [0.29, 0.717) is 11.8 Å². The van der Waals surface area contributed by atoms with Crippen molar-refractivity contribution in [3.63, 3.8) is 0 Å². The number of hydrogen-bond acceptors (Lipinski definition) is 2. The zero-order valence-corrected chi connectivity index (χ0v) is 8.90. The quantitative estimate of drug-likeness (QED) is 0.694. The highest BCUT2D eigenvalue weighted by Crippen LogP contribution is 2.32. The summed E-state index contributed by atoms with van der Waals surface area (Å²) in [5.74, 6) is -0.972. The van der Waals surface area contributed by atoms with Crippen LogP contribution in [-0.4, -0.2) is 22.2 Å². The molecule has 0 saturated carbocycles. The van der Waals surface area contributed by atoms with Crippen molar-refractivity contribution in [3.05, 3.63) is 35.8 Å². The van der Waals surface area contributed by atoms with Crippen LogP contribution in [-0.2, 0) is 4.79 Å². The van der Waals surface area contributed by atoms with E-state index in [4.69, 9.17) is 0 Å². The average Bonchev–Trinajstić information content (AvgIpc) is 2.81. The van der Waals surface area contributed by atoms with E-state index in [1.807, 2.05) is 0 Å². The number of amides is 1. The third kappa shape index (κ3) is 1.59. The molecule has 2 atom stereocenters. The monoisotopic (exact) mass is 234 g/mol. The van der Waals surface area contributed by atoms with Gasteiger partial charge in [-0.2, -0.15) is 0 Å². The van der Waals surface area contributed by atoms with Gasteiger partial charge in [0.2, 0.25) is 5.91 Å². The lowest BCUT2D eigenvalue weighted by atomic mass is 9.97. The highest BCUT2D eigenvalue weighted by atomic mass is 19.1. The van der Waals surface area contributed by atoms with Crippen LogP contribution in [0.3, 0.4) is 0 Å². The van der Waals surface area contributed by atoms with E-state index in [-0.39, 0.29) is 11.7 Å². The maximum absolute atomic E-state index is 13.2. The number of rotatable bonds is 1. The molecule has 3 N–H and O–H groups in total. The molecule has 5 heteroatoms. The Kier molecular flexibility index (Phi) is 2.16. The van der Waals surface area contributed by atoms with Crippen molar-refractivity contribution in [3.8, 4) is 0 Å². The van der Waals surface area contributed by atoms with Gasteiger partial charge in [0.15, 0.2) is 0 Å². The predicted octanol–water partition coefficient (Wildman–Crippen LogP) is 1.23. The van der Waals surface area contributed by atoms with Gasteiger partial charge in [-0.15, -0.1) is 0 Å². The van der Waals surface area contributed by atoms with Gasteiger partial charge in [-0.25, -0.2) is 4.39 Å². The van der Waals surface area contributed by atoms with E-state index in [1.54, 1.807) is 12.3 Å². The van der Waals surface area contributed by atoms with Crippen LogP contribution < -0.4 is 5.32 Å². The summed E-state index contributed by atoms with van der Waals surface area (Å²) < 4.78 is 13.2. The van der Waals surface area contributed by atoms with Gasteiger partial charge in [0.1, 0.15) is 12.0 Å². The van der Waals surface area contributed by atoms with Gasteiger partial charge < -0.3 is 15.4 Å². The second-order valence-electron chi connectivity index (χ2n) is 4.25. The predicted molar refractivity (Wildman–Crippen MR) is 59.8 cm³/mol. The molecule has 1 aliphatic heterocycles. The van der Waals surface area contributed by atoms with Crippen LogP contribution in [0.5, 0.6) is 0 Å². The second-order valence-corrected chi connectivity index (χ2v) is 4.25. The Morgan fingerprint density at radius 2 is 2.24 bits per heavy atom. The fourth-order valence-electron chi connectivity index (χ4n) is 2.32. The number of aliphatic hydroxyl groups excluding tert-OH is 1. The van der Waals surface area contributed by atoms with Crippen molar-refractivity contribution in [1.82, 2.24) is 10.3 Å². The van der Waals surface area contributed by atoms with E-state index in [9.17, 15) is 14.3 Å². The number of aromatic amines is 1. The first-order valence-electron chi connectivity index (χ1n) is 5.40. The zero-order chi connectivity index (χ0) is 12.0. The molecule has 1 aromatic heterocycles. The number of aliphatic hydroxyl groups is 1. The van der Waals surface area contributed by atoms with Crippen LogP contribution in [0.4, 0.5) is 4.39 Å². The number of aromatic nitrogens is 1. The number of H-pyrrole nitrogens is 1. The van der Waals surface area contributed by atoms with Gasteiger partial charge >= 0.3 is 0 Å². The molecular weight excluding hydrogens is 223 g/mol. The number of hydrogen-bond donors (Lipinski definition) is 3. The van der Waals surface area contributed by atoms with E-state index < -0.39 is 12.1 Å². The van der Waals surface area contributed by atoms with Crippen LogP contribution in [0.1, 0.15) is 17.9 Å². The molecule has 88 valence electrons. The molecule has 1 amide bonds. The van der Waals surface area contributed by atoms with Crippen LogP contribution in [0.15, 0.2) is 24.4 Å². The summed E-state index contributed by atoms with van der Waals surface area (Å²) in [5, 5.41) is 12.5. The Morgan fingerprint density at radius 3 is 2.94 bits per heavy atom. The third-order valence-electron chi connectivity index (χ3n) is 3.14. The summed E-state index contributed by atoms with van der Waals surface area (Å²) in [6, 6.07) is 4.41. The Bertz CT molecular complexity index is 593. The van der Waals surface area contributed by atoms with Crippen molar-refractivity contribution in [2.45, 2.75) is 18.6 Å². The maximum Gasteiger partial charge on any atom is 0.229 e. The van der Waals surface area contributed by atoms with Crippen LogP contribution in [0.25, 0.3) is 10.9 Å². The number of halogens is 1. The Hall–Kier alpha value is -1.88. The minimum Gasteiger partial charge on any atom is -0.374 e. The van der Waals surface area contributed by atoms with E-state index >= 15 is 0 Å². The van der Waals surface area contributed by atoms with E-state index in [1.165, 1.54) is 12.1 Å². The van der Waals surface area contributed by atoms with Crippen molar-refractivity contribution in [2.24, 2.45) is 0 Å². The smallest absolute Gasteiger partial charge is 0.229 e. The molecule has 17 heavy (non-hydrogen) atoms. The molecular formula is C12H11FN2O2. The normalized spacial score (nSPS) is 24.2. The lowest BCUT2D eigenvalue weighted by molar-refractivity contribution is -0.121. The first kappa shape index (κ1) is 10.3. The van der Waals surface area contributed by atoms with Gasteiger partial charge in [0, 0.05) is 23.5 Å². The van der Waals surface area contributed by atoms with Crippen LogP contribution in [0, 0.1) is 5.82 Å². The van der Waals surface area contributed by atoms with Crippen LogP contribution in [0.2, 0.25) is 0 Å². The largest absolute Gasteiger partial charge is 0.374 e. The molecule has 4 nitrogen and oxygen atoms in total. The topological polar surface area (TPSA) is 65.1 Å². The lowest BCUT2D eigenvalue weighted by Gasteiger charge is -2.04. The first-order valence-corrected chi connectivity index (χ1v) is 5.40. The van der Waals surface area contributed by atoms with Crippen LogP contribution >= 0.6 is 0 Å². The fraction of sp³-hybridized carbons (Fsp3) is 0.250. The number of benzene rings is 1. The summed E-state index contributed by atoms with van der Waals surface area (Å²) in [6.45, 7) is 0. The SMILES string of the molecule is O=C1NC(O)CC1c1c[nH]c2ccc(F)cc12. The van der Waals surface area contributed by atoms with Gasteiger partial charge in [-0.05, 0) is 23.8 Å². The highest BCUT2D eigenvalue weighted by molar-refractivity contribution is 5.93. The molecule has 1 aromatic carbocycles. The van der Waals surface area contributed by atoms with E-state index in [2.05, 4.69) is 10.3 Å². The standard InChI is InChI=1S/C12H11FN2O2/c13-6-1-2-10-7(3-6)9(5-14-10)8-4-11(16)15-12(8)17/h1-3,5,8,11,14,16H,4H2,(H,15,17). The summed E-state index contributed by atoms with van der Waals surface area (Å²) in [7, 11) is 0. The van der Waals surface area contributed by atoms with Crippen molar-refractivity contribution < 1.29 is 14.3 Å². The average molecular weight is 234 g/mol. The fourth-order valence-corrected chi connectivity index (χ4v) is 2.32. The molecule has 2 aromatic rings. The number of fused-ring (bicyclic) bond motifs is 1. The minimum atomic E-state index is -0.814. The molecule has 0 bridgehead atoms. The molecule has 0 aliphatic carbocycles. The van der Waals surface area contributed by atoms with E-state index in [0.717, 1.165) is 11.1 Å². The third-order valence-corrected chi connectivity index (χ3v) is 3.14. The summed E-state index contributed by atoms with van der Waals surface area (Å²) in [4.78, 5) is 14.6. The van der Waals surface area contributed by atoms with Gasteiger partial charge in [-0.3, -0.25) is 4.79 Å². The van der Waals surface area contributed by atoms with Crippen molar-refractivity contribution in [2.75, 3.05) is 0 Å². The molecule has 2 unspecified atom stereocenters. The Balaban J connectivity index is 2.11. The van der Waals surface area contributed by atoms with Gasteiger partial charge in [-0.1, -0.05) is 0 Å². The molecule has 1 aliphatic rings. The Labute approximate surface area is 96.4 Å². The summed E-state index contributed by atoms with van der Waals surface area (Å²) >= 11 is 0. The zero-order valence-electron chi connectivity index (χ0n) is 8.90. The first-order chi connectivity index (χ1) is 8.15. The number of nitrogens with one attached hydrogen (secondary N) is 2. The number of carbonyl (C=O) groups is 1. The molecule has 0 spiro atoms. The van der Waals surface area contributed by atoms with Crippen molar-refractivity contribution >= 4 is 16.8 Å². The lowest BCUT2D eigenvalue weighted by Crippen LogP contribution is -2.25. The van der Waals surface area contributed by atoms with Gasteiger partial charge in [0.25, 0.3) is 0 Å². The molecule has 2 heterocycles. The molecule has 3 rings (SSSR count). The van der Waals surface area contributed by atoms with Crippen molar-refractivity contribution in [1.29, 1.82) is 0 Å². The minimum absolute atomic E-state index is 0.220. The maximum atomic E-state index is 13.2. The summed E-state index contributed by atoms with van der Waals surface area (Å²) in [5.41, 5.74) is 1.52. The molecule has 1 saturated heterocycles. The number of carbonyl (C=O) groups excluding carboxylic acids is 1. The molecule has 1 fully saturated rings. The summed E-state index contributed by atoms with van der Waals surface area (Å²) in [6.07, 6.45) is 1.21. The Morgan fingerprint density at radius 1 is 1.41 bits per heavy atom.